The number of thiazole rings is 1. The fourth-order valence-corrected chi connectivity index (χ4v) is 5.53. The van der Waals surface area contributed by atoms with Crippen LogP contribution in [-0.2, 0) is 17.8 Å². The molecule has 1 aliphatic rings. The molecule has 10 nitrogen and oxygen atoms in total. The van der Waals surface area contributed by atoms with E-state index in [0.29, 0.717) is 16.8 Å². The first-order valence-electron chi connectivity index (χ1n) is 9.15. The standard InChI is InChI=1S/C17H18N8O2S3/c1-2-28-17-24-23-16(30-17)21-13(26)9-25-6-3-10-12(8-25)29-15(20-10)22-14(27)11-7-18-4-5-19-11/h4-5,7H,2-3,6,8-9H2,1H3,(H,20,22,27)(H,21,23,26). The Bertz CT molecular complexity index is 1040. The molecule has 0 aliphatic carbocycles. The normalized spacial score (nSPS) is 13.6. The van der Waals surface area contributed by atoms with Crippen molar-refractivity contribution < 1.29 is 9.59 Å². The topological polar surface area (TPSA) is 126 Å². The highest BCUT2D eigenvalue weighted by Gasteiger charge is 2.23. The number of amides is 2. The number of carbonyl (C=O) groups is 2. The predicted molar refractivity (Wildman–Crippen MR) is 116 cm³/mol. The van der Waals surface area contributed by atoms with Crippen molar-refractivity contribution in [2.45, 2.75) is 24.2 Å². The first-order chi connectivity index (χ1) is 14.6. The highest BCUT2D eigenvalue weighted by Crippen LogP contribution is 2.29. The highest BCUT2D eigenvalue weighted by molar-refractivity contribution is 8.01. The van der Waals surface area contributed by atoms with E-state index < -0.39 is 0 Å². The molecule has 156 valence electrons. The first-order valence-corrected chi connectivity index (χ1v) is 11.8. The summed E-state index contributed by atoms with van der Waals surface area (Å²) in [6, 6.07) is 0. The van der Waals surface area contributed by atoms with Crippen molar-refractivity contribution in [1.29, 1.82) is 0 Å². The molecule has 3 aromatic rings. The molecule has 0 aromatic carbocycles. The van der Waals surface area contributed by atoms with Crippen LogP contribution < -0.4 is 10.6 Å². The predicted octanol–water partition coefficient (Wildman–Crippen LogP) is 2.15. The Morgan fingerprint density at radius 1 is 1.20 bits per heavy atom. The molecule has 0 atom stereocenters. The molecule has 4 heterocycles. The second-order valence-corrected chi connectivity index (χ2v) is 9.82. The lowest BCUT2D eigenvalue weighted by Crippen LogP contribution is -2.36. The first kappa shape index (κ1) is 20.8. The van der Waals surface area contributed by atoms with E-state index in [1.165, 1.54) is 41.3 Å². The van der Waals surface area contributed by atoms with Crippen molar-refractivity contribution in [3.8, 4) is 0 Å². The number of carbonyl (C=O) groups excluding carboxylic acids is 2. The minimum Gasteiger partial charge on any atom is -0.299 e. The number of nitrogens with zero attached hydrogens (tertiary/aromatic N) is 6. The molecule has 0 saturated carbocycles. The van der Waals surface area contributed by atoms with Crippen molar-refractivity contribution in [2.75, 3.05) is 29.5 Å². The SMILES string of the molecule is CCSc1nnc(NC(=O)CN2CCc3nc(NC(=O)c4cnccn4)sc3C2)s1. The maximum atomic E-state index is 12.4. The zero-order valence-electron chi connectivity index (χ0n) is 16.0. The molecule has 3 aromatic heterocycles. The number of hydrogen-bond donors (Lipinski definition) is 2. The minimum atomic E-state index is -0.344. The van der Waals surface area contributed by atoms with Gasteiger partial charge in [-0.2, -0.15) is 0 Å². The van der Waals surface area contributed by atoms with Gasteiger partial charge in [-0.15, -0.1) is 21.5 Å². The summed E-state index contributed by atoms with van der Waals surface area (Å²) in [4.78, 5) is 40.1. The third kappa shape index (κ3) is 5.16. The average Bonchev–Trinajstić information content (AvgIpc) is 3.34. The van der Waals surface area contributed by atoms with Gasteiger partial charge in [-0.25, -0.2) is 9.97 Å². The Hall–Kier alpha value is -2.48. The van der Waals surface area contributed by atoms with Crippen LogP contribution in [0.5, 0.6) is 0 Å². The van der Waals surface area contributed by atoms with Crippen LogP contribution in [0.4, 0.5) is 10.3 Å². The lowest BCUT2D eigenvalue weighted by molar-refractivity contribution is -0.117. The number of fused-ring (bicyclic) bond motifs is 1. The van der Waals surface area contributed by atoms with Gasteiger partial charge in [-0.1, -0.05) is 30.0 Å². The number of nitrogens with one attached hydrogen (secondary N) is 2. The lowest BCUT2D eigenvalue weighted by atomic mass is 10.2. The van der Waals surface area contributed by atoms with Crippen molar-refractivity contribution in [3.63, 3.8) is 0 Å². The summed E-state index contributed by atoms with van der Waals surface area (Å²) in [5, 5.41) is 14.7. The molecular weight excluding hydrogens is 444 g/mol. The van der Waals surface area contributed by atoms with Crippen LogP contribution in [0.2, 0.25) is 0 Å². The molecule has 0 fully saturated rings. The van der Waals surface area contributed by atoms with Crippen molar-refractivity contribution >= 4 is 56.5 Å². The Labute approximate surface area is 184 Å². The van der Waals surface area contributed by atoms with Gasteiger partial charge in [0.25, 0.3) is 5.91 Å². The van der Waals surface area contributed by atoms with Crippen molar-refractivity contribution in [3.05, 3.63) is 34.9 Å². The minimum absolute atomic E-state index is 0.122. The van der Waals surface area contributed by atoms with Gasteiger partial charge in [0.1, 0.15) is 5.69 Å². The highest BCUT2D eigenvalue weighted by atomic mass is 32.2. The van der Waals surface area contributed by atoms with Crippen LogP contribution in [0.3, 0.4) is 0 Å². The van der Waals surface area contributed by atoms with Gasteiger partial charge < -0.3 is 0 Å². The van der Waals surface area contributed by atoms with E-state index in [-0.39, 0.29) is 24.1 Å². The zero-order chi connectivity index (χ0) is 20.9. The van der Waals surface area contributed by atoms with Crippen LogP contribution in [0, 0.1) is 0 Å². The summed E-state index contributed by atoms with van der Waals surface area (Å²) in [6.07, 6.45) is 5.11. The largest absolute Gasteiger partial charge is 0.299 e. The summed E-state index contributed by atoms with van der Waals surface area (Å²) >= 11 is 4.39. The van der Waals surface area contributed by atoms with Gasteiger partial charge in [-0.05, 0) is 5.75 Å². The lowest BCUT2D eigenvalue weighted by Gasteiger charge is -2.24. The van der Waals surface area contributed by atoms with Gasteiger partial charge in [-0.3, -0.25) is 30.1 Å². The number of anilines is 2. The third-order valence-electron chi connectivity index (χ3n) is 4.11. The number of hydrogen-bond acceptors (Lipinski definition) is 11. The molecule has 0 radical (unpaired) electrons. The molecule has 13 heteroatoms. The summed E-state index contributed by atoms with van der Waals surface area (Å²) < 4.78 is 0.844. The average molecular weight is 463 g/mol. The molecule has 4 rings (SSSR count). The van der Waals surface area contributed by atoms with Crippen LogP contribution in [0.1, 0.15) is 28.0 Å². The van der Waals surface area contributed by atoms with E-state index in [9.17, 15) is 9.59 Å². The zero-order valence-corrected chi connectivity index (χ0v) is 18.4. The van der Waals surface area contributed by atoms with Crippen molar-refractivity contribution in [1.82, 2.24) is 30.0 Å². The molecule has 2 N–H and O–H groups in total. The molecule has 0 spiro atoms. The maximum Gasteiger partial charge on any atom is 0.277 e. The summed E-state index contributed by atoms with van der Waals surface area (Å²) in [6.45, 7) is 3.62. The van der Waals surface area contributed by atoms with E-state index in [4.69, 9.17) is 0 Å². The fourth-order valence-electron chi connectivity index (χ4n) is 2.82. The molecule has 0 saturated heterocycles. The monoisotopic (exact) mass is 462 g/mol. The maximum absolute atomic E-state index is 12.4. The van der Waals surface area contributed by atoms with Gasteiger partial charge in [0.2, 0.25) is 11.0 Å². The Morgan fingerprint density at radius 2 is 2.10 bits per heavy atom. The summed E-state index contributed by atoms with van der Waals surface area (Å²) in [5.41, 5.74) is 1.19. The van der Waals surface area contributed by atoms with Crippen LogP contribution in [0.15, 0.2) is 22.9 Å². The van der Waals surface area contributed by atoms with E-state index in [2.05, 4.69) is 35.8 Å². The quantitative estimate of drug-likeness (QED) is 0.401. The van der Waals surface area contributed by atoms with E-state index in [1.54, 1.807) is 11.8 Å². The number of thioether (sulfide) groups is 1. The molecule has 30 heavy (non-hydrogen) atoms. The Balaban J connectivity index is 1.32. The Morgan fingerprint density at radius 3 is 2.90 bits per heavy atom. The fraction of sp³-hybridized carbons (Fsp3) is 0.353. The molecule has 0 unspecified atom stereocenters. The Kier molecular flexibility index (Phi) is 6.62. The van der Waals surface area contributed by atoms with Gasteiger partial charge in [0.15, 0.2) is 9.47 Å². The van der Waals surface area contributed by atoms with Crippen LogP contribution in [-0.4, -0.2) is 60.7 Å². The van der Waals surface area contributed by atoms with Crippen LogP contribution in [0.25, 0.3) is 0 Å². The molecule has 1 aliphatic heterocycles. The smallest absolute Gasteiger partial charge is 0.277 e. The van der Waals surface area contributed by atoms with Gasteiger partial charge in [0, 0.05) is 36.8 Å². The summed E-state index contributed by atoms with van der Waals surface area (Å²) in [5.74, 6) is 0.445. The second-order valence-electron chi connectivity index (χ2n) is 6.25. The molecule has 2 amide bonds. The van der Waals surface area contributed by atoms with E-state index >= 15 is 0 Å². The van der Waals surface area contributed by atoms with Crippen LogP contribution >= 0.6 is 34.4 Å². The van der Waals surface area contributed by atoms with E-state index in [0.717, 1.165) is 33.6 Å². The number of rotatable bonds is 7. The van der Waals surface area contributed by atoms with Gasteiger partial charge in [0.05, 0.1) is 18.4 Å². The third-order valence-corrected chi connectivity index (χ3v) is 6.97. The summed E-state index contributed by atoms with van der Waals surface area (Å²) in [7, 11) is 0. The molecular formula is C17H18N8O2S3. The van der Waals surface area contributed by atoms with Gasteiger partial charge >= 0.3 is 0 Å². The second kappa shape index (κ2) is 9.55. The van der Waals surface area contributed by atoms with E-state index in [1.807, 2.05) is 11.8 Å². The number of aromatic nitrogens is 5. The van der Waals surface area contributed by atoms with Crippen molar-refractivity contribution in [2.24, 2.45) is 0 Å². The molecule has 0 bridgehead atoms.